The van der Waals surface area contributed by atoms with Gasteiger partial charge in [0.25, 0.3) is 0 Å². The third kappa shape index (κ3) is 4.64. The zero-order valence-corrected chi connectivity index (χ0v) is 15.1. The van der Waals surface area contributed by atoms with Gasteiger partial charge in [-0.3, -0.25) is 9.59 Å². The van der Waals surface area contributed by atoms with Crippen molar-refractivity contribution >= 4 is 17.5 Å². The Labute approximate surface area is 158 Å². The molecule has 0 saturated carbocycles. The second-order valence-electron chi connectivity index (χ2n) is 6.52. The average Bonchev–Trinajstić information content (AvgIpc) is 3.07. The number of amides is 2. The molecule has 0 radical (unpaired) electrons. The maximum absolute atomic E-state index is 12.5. The first-order valence-corrected chi connectivity index (χ1v) is 8.81. The predicted molar refractivity (Wildman–Crippen MR) is 101 cm³/mol. The van der Waals surface area contributed by atoms with E-state index in [4.69, 9.17) is 10.00 Å². The molecule has 0 bridgehead atoms. The molecular formula is C21H21N3O3. The number of carbonyl (C=O) groups excluding carboxylic acids is 2. The summed E-state index contributed by atoms with van der Waals surface area (Å²) in [4.78, 5) is 26.4. The van der Waals surface area contributed by atoms with Gasteiger partial charge in [0.1, 0.15) is 5.75 Å². The van der Waals surface area contributed by atoms with Gasteiger partial charge < -0.3 is 15.0 Å². The van der Waals surface area contributed by atoms with Gasteiger partial charge in [0.05, 0.1) is 24.7 Å². The van der Waals surface area contributed by atoms with Crippen molar-refractivity contribution in [2.24, 2.45) is 5.92 Å². The first kappa shape index (κ1) is 18.5. The van der Waals surface area contributed by atoms with Crippen molar-refractivity contribution in [2.45, 2.75) is 12.8 Å². The summed E-state index contributed by atoms with van der Waals surface area (Å²) in [5, 5.41) is 11.7. The lowest BCUT2D eigenvalue weighted by Gasteiger charge is -2.16. The first-order chi connectivity index (χ1) is 13.1. The molecule has 2 amide bonds. The Balaban J connectivity index is 1.54. The normalized spacial score (nSPS) is 16.1. The molecule has 27 heavy (non-hydrogen) atoms. The van der Waals surface area contributed by atoms with Crippen molar-refractivity contribution in [3.63, 3.8) is 0 Å². The maximum atomic E-state index is 12.5. The Morgan fingerprint density at radius 2 is 2.07 bits per heavy atom. The summed E-state index contributed by atoms with van der Waals surface area (Å²) < 4.78 is 5.14. The highest BCUT2D eigenvalue weighted by Gasteiger charge is 2.34. The van der Waals surface area contributed by atoms with Gasteiger partial charge >= 0.3 is 0 Å². The molecule has 1 fully saturated rings. The van der Waals surface area contributed by atoms with Crippen molar-refractivity contribution < 1.29 is 14.3 Å². The molecule has 6 nitrogen and oxygen atoms in total. The minimum absolute atomic E-state index is 0.00515. The third-order valence-corrected chi connectivity index (χ3v) is 4.67. The molecule has 2 aromatic carbocycles. The monoisotopic (exact) mass is 363 g/mol. The fourth-order valence-electron chi connectivity index (χ4n) is 3.13. The van der Waals surface area contributed by atoms with Crippen LogP contribution in [0.25, 0.3) is 0 Å². The highest BCUT2D eigenvalue weighted by molar-refractivity contribution is 5.97. The van der Waals surface area contributed by atoms with E-state index >= 15 is 0 Å². The fraction of sp³-hybridized carbons (Fsp3) is 0.286. The standard InChI is InChI=1S/C21H21N3O3/c1-27-19-7-5-15(6-8-19)9-10-24-14-17(12-20(24)25)21(26)23-18-4-2-3-16(11-18)13-22/h2-8,11,17H,9-10,12,14H2,1H3,(H,23,26). The van der Waals surface area contributed by atoms with Gasteiger partial charge in [0, 0.05) is 25.2 Å². The van der Waals surface area contributed by atoms with E-state index < -0.39 is 0 Å². The van der Waals surface area contributed by atoms with E-state index in [9.17, 15) is 9.59 Å². The number of likely N-dealkylation sites (tertiary alicyclic amines) is 1. The summed E-state index contributed by atoms with van der Waals surface area (Å²) >= 11 is 0. The number of nitrogens with one attached hydrogen (secondary N) is 1. The number of hydrogen-bond donors (Lipinski definition) is 1. The molecule has 1 unspecified atom stereocenters. The van der Waals surface area contributed by atoms with Crippen molar-refractivity contribution in [3.8, 4) is 11.8 Å². The highest BCUT2D eigenvalue weighted by Crippen LogP contribution is 2.21. The number of ether oxygens (including phenoxy) is 1. The van der Waals surface area contributed by atoms with Crippen LogP contribution in [-0.2, 0) is 16.0 Å². The molecule has 2 aromatic rings. The van der Waals surface area contributed by atoms with Gasteiger partial charge in [-0.15, -0.1) is 0 Å². The van der Waals surface area contributed by atoms with Gasteiger partial charge in [-0.05, 0) is 42.3 Å². The van der Waals surface area contributed by atoms with Crippen LogP contribution in [0, 0.1) is 17.2 Å². The van der Waals surface area contributed by atoms with Crippen LogP contribution in [0.4, 0.5) is 5.69 Å². The number of carbonyl (C=O) groups is 2. The van der Waals surface area contributed by atoms with Crippen LogP contribution >= 0.6 is 0 Å². The van der Waals surface area contributed by atoms with Gasteiger partial charge in [0.2, 0.25) is 11.8 Å². The van der Waals surface area contributed by atoms with Gasteiger partial charge in [0.15, 0.2) is 0 Å². The number of rotatable bonds is 6. The molecule has 1 heterocycles. The number of hydrogen-bond acceptors (Lipinski definition) is 4. The van der Waals surface area contributed by atoms with Crippen LogP contribution in [0.5, 0.6) is 5.75 Å². The molecule has 0 aromatic heterocycles. The second kappa shape index (κ2) is 8.37. The minimum Gasteiger partial charge on any atom is -0.497 e. The quantitative estimate of drug-likeness (QED) is 0.855. The van der Waals surface area contributed by atoms with Crippen LogP contribution < -0.4 is 10.1 Å². The summed E-state index contributed by atoms with van der Waals surface area (Å²) in [6.45, 7) is 0.998. The van der Waals surface area contributed by atoms with Crippen LogP contribution in [0.3, 0.4) is 0 Å². The zero-order valence-electron chi connectivity index (χ0n) is 15.1. The Hall–Kier alpha value is -3.33. The van der Waals surface area contributed by atoms with E-state index in [0.29, 0.717) is 24.3 Å². The van der Waals surface area contributed by atoms with Gasteiger partial charge in [-0.1, -0.05) is 18.2 Å². The number of anilines is 1. The number of nitrogens with zero attached hydrogens (tertiary/aromatic N) is 2. The van der Waals surface area contributed by atoms with Crippen LogP contribution in [0.2, 0.25) is 0 Å². The Bertz CT molecular complexity index is 871. The Morgan fingerprint density at radius 3 is 2.78 bits per heavy atom. The SMILES string of the molecule is COc1ccc(CCN2CC(C(=O)Nc3cccc(C#N)c3)CC2=O)cc1. The van der Waals surface area contributed by atoms with Crippen molar-refractivity contribution in [1.29, 1.82) is 5.26 Å². The molecule has 1 saturated heterocycles. The lowest BCUT2D eigenvalue weighted by molar-refractivity contribution is -0.128. The van der Waals surface area contributed by atoms with Crippen LogP contribution in [-0.4, -0.2) is 36.9 Å². The average molecular weight is 363 g/mol. The molecule has 1 N–H and O–H groups in total. The highest BCUT2D eigenvalue weighted by atomic mass is 16.5. The molecule has 3 rings (SSSR count). The third-order valence-electron chi connectivity index (χ3n) is 4.67. The fourth-order valence-corrected chi connectivity index (χ4v) is 3.13. The molecule has 1 aliphatic heterocycles. The van der Waals surface area contributed by atoms with Crippen molar-refractivity contribution in [3.05, 3.63) is 59.7 Å². The second-order valence-corrected chi connectivity index (χ2v) is 6.52. The maximum Gasteiger partial charge on any atom is 0.229 e. The molecule has 138 valence electrons. The van der Waals surface area contributed by atoms with Crippen LogP contribution in [0.15, 0.2) is 48.5 Å². The number of methoxy groups -OCH3 is 1. The first-order valence-electron chi connectivity index (χ1n) is 8.81. The summed E-state index contributed by atoms with van der Waals surface area (Å²) in [5.41, 5.74) is 2.17. The molecule has 1 aliphatic rings. The Morgan fingerprint density at radius 1 is 1.30 bits per heavy atom. The van der Waals surface area contributed by atoms with E-state index in [2.05, 4.69) is 5.32 Å². The zero-order chi connectivity index (χ0) is 19.2. The summed E-state index contributed by atoms with van der Waals surface area (Å²) in [6, 6.07) is 16.5. The molecule has 0 spiro atoms. The molecular weight excluding hydrogens is 342 g/mol. The van der Waals surface area contributed by atoms with Gasteiger partial charge in [-0.2, -0.15) is 5.26 Å². The van der Waals surface area contributed by atoms with Crippen LogP contribution in [0.1, 0.15) is 17.5 Å². The van der Waals surface area contributed by atoms with Crippen molar-refractivity contribution in [1.82, 2.24) is 4.90 Å². The Kier molecular flexibility index (Phi) is 5.72. The van der Waals surface area contributed by atoms with Gasteiger partial charge in [-0.25, -0.2) is 0 Å². The van der Waals surface area contributed by atoms with E-state index in [0.717, 1.165) is 17.7 Å². The summed E-state index contributed by atoms with van der Waals surface area (Å²) in [6.07, 6.45) is 0.945. The number of nitriles is 1. The van der Waals surface area contributed by atoms with E-state index in [1.54, 1.807) is 36.3 Å². The lowest BCUT2D eigenvalue weighted by atomic mass is 10.1. The topological polar surface area (TPSA) is 82.4 Å². The van der Waals surface area contributed by atoms with E-state index in [1.807, 2.05) is 30.3 Å². The van der Waals surface area contributed by atoms with E-state index in [-0.39, 0.29) is 24.2 Å². The largest absolute Gasteiger partial charge is 0.497 e. The lowest BCUT2D eigenvalue weighted by Crippen LogP contribution is -2.30. The molecule has 1 atom stereocenters. The van der Waals surface area contributed by atoms with E-state index in [1.165, 1.54) is 0 Å². The molecule has 6 heteroatoms. The van der Waals surface area contributed by atoms with Crippen molar-refractivity contribution in [2.75, 3.05) is 25.5 Å². The molecule has 0 aliphatic carbocycles. The summed E-state index contributed by atoms with van der Waals surface area (Å²) in [5.74, 6) is 0.229. The summed E-state index contributed by atoms with van der Waals surface area (Å²) in [7, 11) is 1.62. The number of benzene rings is 2. The minimum atomic E-state index is -0.376. The predicted octanol–water partition coefficient (Wildman–Crippen LogP) is 2.60. The smallest absolute Gasteiger partial charge is 0.229 e.